The van der Waals surface area contributed by atoms with Gasteiger partial charge < -0.3 is 19.7 Å². The van der Waals surface area contributed by atoms with Crippen LogP contribution in [0.1, 0.15) is 70.2 Å². The van der Waals surface area contributed by atoms with E-state index in [0.29, 0.717) is 24.1 Å². The molecule has 1 N–H and O–H groups in total. The molecule has 1 amide bonds. The molecule has 0 saturated carbocycles. The van der Waals surface area contributed by atoms with Crippen LogP contribution < -0.4 is 14.8 Å². The number of benzene rings is 2. The van der Waals surface area contributed by atoms with Crippen LogP contribution in [0.2, 0.25) is 0 Å². The third kappa shape index (κ3) is 6.04. The molecule has 0 aliphatic heterocycles. The highest BCUT2D eigenvalue weighted by molar-refractivity contribution is 5.78. The smallest absolute Gasteiger partial charge is 0.260 e. The summed E-state index contributed by atoms with van der Waals surface area (Å²) in [6.45, 7) is 11.4. The second kappa shape index (κ2) is 11.4. The number of hydrogen-bond donors (Lipinski definition) is 1. The summed E-state index contributed by atoms with van der Waals surface area (Å²) in [4.78, 5) is 14.5. The summed E-state index contributed by atoms with van der Waals surface area (Å²) >= 11 is 0. The van der Waals surface area contributed by atoms with Gasteiger partial charge in [0.15, 0.2) is 18.1 Å². The Labute approximate surface area is 193 Å². The second-order valence-electron chi connectivity index (χ2n) is 9.02. The largest absolute Gasteiger partial charge is 0.490 e. The number of nitrogens with zero attached hydrogens (tertiary/aromatic N) is 1. The summed E-state index contributed by atoms with van der Waals surface area (Å²) in [5, 5.41) is 3.72. The lowest BCUT2D eigenvalue weighted by atomic mass is 9.87. The Morgan fingerprint density at radius 3 is 2.53 bits per heavy atom. The molecule has 3 rings (SSSR count). The first-order valence-electron chi connectivity index (χ1n) is 11.9. The fourth-order valence-corrected chi connectivity index (χ4v) is 4.64. The van der Waals surface area contributed by atoms with E-state index >= 15 is 0 Å². The van der Waals surface area contributed by atoms with Crippen molar-refractivity contribution in [3.05, 3.63) is 59.2 Å². The van der Waals surface area contributed by atoms with Crippen molar-refractivity contribution in [2.45, 2.75) is 78.6 Å². The summed E-state index contributed by atoms with van der Waals surface area (Å²) in [5.41, 5.74) is 4.01. The van der Waals surface area contributed by atoms with Gasteiger partial charge in [0.2, 0.25) is 0 Å². The van der Waals surface area contributed by atoms with E-state index in [2.05, 4.69) is 29.6 Å². The van der Waals surface area contributed by atoms with Crippen LogP contribution in [-0.4, -0.2) is 36.1 Å². The molecule has 2 aromatic carbocycles. The highest BCUT2D eigenvalue weighted by Gasteiger charge is 2.22. The number of carbonyl (C=O) groups is 1. The first kappa shape index (κ1) is 24.1. The lowest BCUT2D eigenvalue weighted by Crippen LogP contribution is -2.44. The first-order chi connectivity index (χ1) is 15.4. The minimum atomic E-state index is -0.0147. The summed E-state index contributed by atoms with van der Waals surface area (Å²) in [6, 6.07) is 15.4. The topological polar surface area (TPSA) is 50.8 Å². The molecule has 2 aromatic rings. The van der Waals surface area contributed by atoms with Crippen LogP contribution in [0, 0.1) is 0 Å². The maximum atomic E-state index is 12.7. The molecule has 0 fully saturated rings. The first-order valence-corrected chi connectivity index (χ1v) is 11.9. The molecule has 0 spiro atoms. The van der Waals surface area contributed by atoms with E-state index in [0.717, 1.165) is 18.5 Å². The van der Waals surface area contributed by atoms with Crippen molar-refractivity contribution in [3.8, 4) is 11.5 Å². The van der Waals surface area contributed by atoms with E-state index in [1.165, 1.54) is 24.0 Å². The predicted octanol–water partition coefficient (Wildman–Crippen LogP) is 5.28. The molecule has 174 valence electrons. The van der Waals surface area contributed by atoms with Gasteiger partial charge in [-0.05, 0) is 82.7 Å². The van der Waals surface area contributed by atoms with Crippen molar-refractivity contribution in [2.75, 3.05) is 13.2 Å². The minimum Gasteiger partial charge on any atom is -0.490 e. The zero-order valence-electron chi connectivity index (χ0n) is 20.2. The Kier molecular flexibility index (Phi) is 8.57. The molecule has 1 atom stereocenters. The number of nitrogens with one attached hydrogen (secondary N) is 1. The average Bonchev–Trinajstić information content (AvgIpc) is 2.76. The molecular weight excluding hydrogens is 400 g/mol. The summed E-state index contributed by atoms with van der Waals surface area (Å²) in [7, 11) is 0. The zero-order chi connectivity index (χ0) is 23.1. The number of ether oxygens (including phenoxy) is 2. The van der Waals surface area contributed by atoms with Gasteiger partial charge in [0.25, 0.3) is 5.91 Å². The number of amides is 1. The molecule has 0 bridgehead atoms. The van der Waals surface area contributed by atoms with Crippen molar-refractivity contribution < 1.29 is 14.3 Å². The minimum absolute atomic E-state index is 0.00683. The molecule has 1 unspecified atom stereocenters. The van der Waals surface area contributed by atoms with Gasteiger partial charge in [-0.25, -0.2) is 0 Å². The third-order valence-electron chi connectivity index (χ3n) is 5.98. The molecule has 0 heterocycles. The van der Waals surface area contributed by atoms with Gasteiger partial charge in [0, 0.05) is 24.7 Å². The summed E-state index contributed by atoms with van der Waals surface area (Å²) in [6.07, 6.45) is 3.53. The van der Waals surface area contributed by atoms with Crippen LogP contribution in [0.3, 0.4) is 0 Å². The highest BCUT2D eigenvalue weighted by Crippen LogP contribution is 2.31. The second-order valence-corrected chi connectivity index (χ2v) is 9.02. The lowest BCUT2D eigenvalue weighted by molar-refractivity contribution is -0.137. The number of aryl methyl sites for hydroxylation is 1. The Hall–Kier alpha value is -2.53. The molecule has 1 aliphatic rings. The van der Waals surface area contributed by atoms with Gasteiger partial charge >= 0.3 is 0 Å². The van der Waals surface area contributed by atoms with Crippen molar-refractivity contribution in [2.24, 2.45) is 0 Å². The van der Waals surface area contributed by atoms with Crippen molar-refractivity contribution in [1.82, 2.24) is 10.2 Å². The molecule has 0 radical (unpaired) electrons. The number of rotatable bonds is 10. The molecule has 5 heteroatoms. The van der Waals surface area contributed by atoms with Crippen molar-refractivity contribution >= 4 is 5.91 Å². The maximum Gasteiger partial charge on any atom is 0.260 e. The summed E-state index contributed by atoms with van der Waals surface area (Å²) in [5.74, 6) is 1.28. The van der Waals surface area contributed by atoms with Crippen LogP contribution in [0.5, 0.6) is 11.5 Å². The van der Waals surface area contributed by atoms with E-state index in [9.17, 15) is 4.79 Å². The van der Waals surface area contributed by atoms with E-state index in [1.54, 1.807) is 0 Å². The van der Waals surface area contributed by atoms with E-state index in [1.807, 2.05) is 57.7 Å². The molecule has 32 heavy (non-hydrogen) atoms. The number of fused-ring (bicyclic) bond motifs is 1. The predicted molar refractivity (Wildman–Crippen MR) is 129 cm³/mol. The molecular formula is C27H38N2O3. The lowest BCUT2D eigenvalue weighted by Gasteiger charge is -2.30. The Bertz CT molecular complexity index is 886. The Morgan fingerprint density at radius 1 is 1.06 bits per heavy atom. The van der Waals surface area contributed by atoms with Crippen LogP contribution in [0.15, 0.2) is 42.5 Å². The van der Waals surface area contributed by atoms with E-state index in [-0.39, 0.29) is 24.6 Å². The normalized spacial score (nSPS) is 15.5. The molecule has 1 aliphatic carbocycles. The van der Waals surface area contributed by atoms with Gasteiger partial charge in [-0.2, -0.15) is 0 Å². The van der Waals surface area contributed by atoms with Crippen LogP contribution >= 0.6 is 0 Å². The zero-order valence-corrected chi connectivity index (χ0v) is 20.2. The third-order valence-corrected chi connectivity index (χ3v) is 5.98. The number of carbonyl (C=O) groups excluding carboxylic acids is 1. The highest BCUT2D eigenvalue weighted by atomic mass is 16.5. The maximum absolute atomic E-state index is 12.7. The van der Waals surface area contributed by atoms with Crippen LogP contribution in [0.4, 0.5) is 0 Å². The van der Waals surface area contributed by atoms with Gasteiger partial charge in [-0.15, -0.1) is 0 Å². The summed E-state index contributed by atoms with van der Waals surface area (Å²) < 4.78 is 11.7. The molecule has 0 aromatic heterocycles. The monoisotopic (exact) mass is 438 g/mol. The van der Waals surface area contributed by atoms with Crippen LogP contribution in [0.25, 0.3) is 0 Å². The Morgan fingerprint density at radius 2 is 1.81 bits per heavy atom. The standard InChI is InChI=1S/C27H38N2O3/c1-6-31-26-16-21(17-28-24-13-9-11-22-10-7-8-12-23(22)24)14-15-25(26)32-18-27(30)29(19(2)3)20(4)5/h7-8,10,12,14-16,19-20,24,28H,6,9,11,13,17-18H2,1-5H3. The average molecular weight is 439 g/mol. The van der Waals surface area contributed by atoms with Crippen molar-refractivity contribution in [1.29, 1.82) is 0 Å². The van der Waals surface area contributed by atoms with Gasteiger partial charge in [0.05, 0.1) is 6.61 Å². The Balaban J connectivity index is 1.65. The fraction of sp³-hybridized carbons (Fsp3) is 0.519. The quantitative estimate of drug-likeness (QED) is 0.549. The van der Waals surface area contributed by atoms with Crippen molar-refractivity contribution in [3.63, 3.8) is 0 Å². The fourth-order valence-electron chi connectivity index (χ4n) is 4.64. The van der Waals surface area contributed by atoms with Gasteiger partial charge in [-0.3, -0.25) is 4.79 Å². The van der Waals surface area contributed by atoms with E-state index in [4.69, 9.17) is 9.47 Å². The van der Waals surface area contributed by atoms with E-state index < -0.39 is 0 Å². The van der Waals surface area contributed by atoms with Gasteiger partial charge in [-0.1, -0.05) is 30.3 Å². The van der Waals surface area contributed by atoms with Crippen LogP contribution in [-0.2, 0) is 17.8 Å². The molecule has 0 saturated heterocycles. The molecule has 5 nitrogen and oxygen atoms in total. The number of hydrogen-bond acceptors (Lipinski definition) is 4. The van der Waals surface area contributed by atoms with Gasteiger partial charge in [0.1, 0.15) is 0 Å². The SMILES string of the molecule is CCOc1cc(CNC2CCCc3ccccc32)ccc1OCC(=O)N(C(C)C)C(C)C.